The van der Waals surface area contributed by atoms with Gasteiger partial charge in [0.1, 0.15) is 0 Å². The first-order valence-corrected chi connectivity index (χ1v) is 11.4. The molecule has 29 heavy (non-hydrogen) atoms. The third kappa shape index (κ3) is 5.62. The monoisotopic (exact) mass is 394 g/mol. The Morgan fingerprint density at radius 2 is 0.724 bits per heavy atom. The molecule has 0 fully saturated rings. The minimum Gasteiger partial charge on any atom is -0.161 e. The lowest BCUT2D eigenvalue weighted by molar-refractivity contribution is 1.13. The number of hydrogen-bond donors (Lipinski definition) is 0. The van der Waals surface area contributed by atoms with Crippen molar-refractivity contribution >= 4 is 11.8 Å². The van der Waals surface area contributed by atoms with Gasteiger partial charge in [-0.05, 0) is 57.7 Å². The summed E-state index contributed by atoms with van der Waals surface area (Å²) in [5.41, 5.74) is 7.99. The zero-order chi connectivity index (χ0) is 19.7. The molecule has 0 spiro atoms. The molecule has 0 aromatic heterocycles. The van der Waals surface area contributed by atoms with Crippen molar-refractivity contribution in [2.75, 3.05) is 11.5 Å². The van der Waals surface area contributed by atoms with Crippen molar-refractivity contribution in [2.24, 2.45) is 0 Å². The first-order chi connectivity index (χ1) is 14.4. The molecule has 0 saturated heterocycles. The highest BCUT2D eigenvalue weighted by Gasteiger charge is 2.00. The predicted octanol–water partition coefficient (Wildman–Crippen LogP) is 7.54. The molecule has 0 saturated carbocycles. The maximum Gasteiger partial charge on any atom is -0.00269 e. The van der Waals surface area contributed by atoms with Crippen molar-refractivity contribution in [3.63, 3.8) is 0 Å². The molecule has 0 bridgehead atoms. The number of hydrogen-bond acceptors (Lipinski definition) is 1. The van der Waals surface area contributed by atoms with Crippen LogP contribution in [0.4, 0.5) is 0 Å². The molecule has 4 rings (SSSR count). The van der Waals surface area contributed by atoms with Crippen LogP contribution in [0.1, 0.15) is 11.1 Å². The highest BCUT2D eigenvalue weighted by atomic mass is 32.2. The van der Waals surface area contributed by atoms with Gasteiger partial charge in [0.25, 0.3) is 0 Å². The molecule has 0 atom stereocenters. The maximum absolute atomic E-state index is 2.27. The van der Waals surface area contributed by atoms with E-state index in [2.05, 4.69) is 109 Å². The van der Waals surface area contributed by atoms with Gasteiger partial charge in [0.15, 0.2) is 0 Å². The molecule has 0 nitrogen and oxygen atoms in total. The van der Waals surface area contributed by atoms with Crippen molar-refractivity contribution < 1.29 is 0 Å². The molecule has 0 aliphatic carbocycles. The van der Waals surface area contributed by atoms with E-state index in [4.69, 9.17) is 0 Å². The van der Waals surface area contributed by atoms with E-state index in [-0.39, 0.29) is 0 Å². The fourth-order valence-corrected chi connectivity index (χ4v) is 4.44. The van der Waals surface area contributed by atoms with Crippen molar-refractivity contribution in [3.05, 3.63) is 120 Å². The van der Waals surface area contributed by atoms with Gasteiger partial charge in [0.05, 0.1) is 0 Å². The Kier molecular flexibility index (Phi) is 6.83. The fourth-order valence-electron chi connectivity index (χ4n) is 3.47. The molecule has 1 heteroatoms. The van der Waals surface area contributed by atoms with Crippen LogP contribution in [0, 0.1) is 0 Å². The lowest BCUT2D eigenvalue weighted by Crippen LogP contribution is -1.93. The van der Waals surface area contributed by atoms with E-state index in [1.807, 2.05) is 11.8 Å². The van der Waals surface area contributed by atoms with Gasteiger partial charge < -0.3 is 0 Å². The normalized spacial score (nSPS) is 10.8. The van der Waals surface area contributed by atoms with Gasteiger partial charge >= 0.3 is 0 Å². The van der Waals surface area contributed by atoms with E-state index in [1.54, 1.807) is 0 Å². The fraction of sp³-hybridized carbons (Fsp3) is 0.143. The first kappa shape index (κ1) is 19.5. The van der Waals surface area contributed by atoms with E-state index >= 15 is 0 Å². The van der Waals surface area contributed by atoms with Crippen molar-refractivity contribution in [3.8, 4) is 22.3 Å². The van der Waals surface area contributed by atoms with Crippen LogP contribution in [-0.2, 0) is 12.8 Å². The van der Waals surface area contributed by atoms with Gasteiger partial charge in [0, 0.05) is 0 Å². The van der Waals surface area contributed by atoms with Crippen LogP contribution >= 0.6 is 11.8 Å². The molecule has 0 N–H and O–H groups in total. The van der Waals surface area contributed by atoms with Crippen LogP contribution in [0.2, 0.25) is 0 Å². The van der Waals surface area contributed by atoms with Gasteiger partial charge in [0.2, 0.25) is 0 Å². The summed E-state index contributed by atoms with van der Waals surface area (Å²) in [7, 11) is 0. The van der Waals surface area contributed by atoms with Crippen LogP contribution in [0.25, 0.3) is 22.3 Å². The van der Waals surface area contributed by atoms with Crippen LogP contribution in [0.3, 0.4) is 0 Å². The third-order valence-corrected chi connectivity index (χ3v) is 6.18. The summed E-state index contributed by atoms with van der Waals surface area (Å²) in [5, 5.41) is 0. The molecule has 0 heterocycles. The van der Waals surface area contributed by atoms with Crippen LogP contribution in [0.15, 0.2) is 109 Å². The van der Waals surface area contributed by atoms with E-state index in [0.29, 0.717) is 0 Å². The summed E-state index contributed by atoms with van der Waals surface area (Å²) < 4.78 is 0. The largest absolute Gasteiger partial charge is 0.161 e. The van der Waals surface area contributed by atoms with E-state index in [9.17, 15) is 0 Å². The van der Waals surface area contributed by atoms with Crippen LogP contribution < -0.4 is 0 Å². The molecule has 0 aliphatic rings. The van der Waals surface area contributed by atoms with Gasteiger partial charge in [-0.2, -0.15) is 11.8 Å². The topological polar surface area (TPSA) is 0 Å². The first-order valence-electron chi connectivity index (χ1n) is 10.2. The highest BCUT2D eigenvalue weighted by molar-refractivity contribution is 7.99. The van der Waals surface area contributed by atoms with Crippen molar-refractivity contribution in [1.29, 1.82) is 0 Å². The van der Waals surface area contributed by atoms with Crippen molar-refractivity contribution in [2.45, 2.75) is 12.8 Å². The summed E-state index contributed by atoms with van der Waals surface area (Å²) >= 11 is 2.04. The molecular weight excluding hydrogens is 368 g/mol. The van der Waals surface area contributed by atoms with Crippen LogP contribution in [0.5, 0.6) is 0 Å². The smallest absolute Gasteiger partial charge is 0.00269 e. The molecule has 0 aliphatic heterocycles. The zero-order valence-electron chi connectivity index (χ0n) is 16.6. The quantitative estimate of drug-likeness (QED) is 0.278. The molecule has 144 valence electrons. The van der Waals surface area contributed by atoms with E-state index < -0.39 is 0 Å². The zero-order valence-corrected chi connectivity index (χ0v) is 17.4. The summed E-state index contributed by atoms with van der Waals surface area (Å²) in [6.45, 7) is 0. The molecular formula is C28H26S. The lowest BCUT2D eigenvalue weighted by Gasteiger charge is -2.06. The molecule has 0 amide bonds. The maximum atomic E-state index is 2.27. The predicted molar refractivity (Wildman–Crippen MR) is 128 cm³/mol. The summed E-state index contributed by atoms with van der Waals surface area (Å²) in [5.74, 6) is 2.35. The molecule has 0 unspecified atom stereocenters. The Bertz CT molecular complexity index is 903. The van der Waals surface area contributed by atoms with Crippen molar-refractivity contribution in [1.82, 2.24) is 0 Å². The second-order valence-electron chi connectivity index (χ2n) is 7.24. The summed E-state index contributed by atoms with van der Waals surface area (Å²) in [6.07, 6.45) is 2.26. The average molecular weight is 395 g/mol. The Morgan fingerprint density at radius 1 is 0.379 bits per heavy atom. The molecule has 4 aromatic carbocycles. The van der Waals surface area contributed by atoms with Crippen LogP contribution in [-0.4, -0.2) is 11.5 Å². The van der Waals surface area contributed by atoms with Gasteiger partial charge in [-0.25, -0.2) is 0 Å². The molecule has 4 aromatic rings. The van der Waals surface area contributed by atoms with E-state index in [0.717, 1.165) is 12.8 Å². The van der Waals surface area contributed by atoms with Gasteiger partial charge in [-0.3, -0.25) is 0 Å². The Morgan fingerprint density at radius 3 is 1.10 bits per heavy atom. The Labute approximate surface area is 178 Å². The number of rotatable bonds is 8. The van der Waals surface area contributed by atoms with E-state index in [1.165, 1.54) is 44.9 Å². The number of aryl methyl sites for hydroxylation is 2. The highest BCUT2D eigenvalue weighted by Crippen LogP contribution is 2.21. The summed E-state index contributed by atoms with van der Waals surface area (Å²) in [4.78, 5) is 0. The standard InChI is InChI=1S/C28H26S/c1-3-7-25(8-4-1)27-15-11-23(12-16-27)19-21-29-22-20-24-13-17-28(18-14-24)26-9-5-2-6-10-26/h1-18H,19-22H2. The van der Waals surface area contributed by atoms with Gasteiger partial charge in [-0.15, -0.1) is 0 Å². The number of benzene rings is 4. The lowest BCUT2D eigenvalue weighted by atomic mass is 10.0. The SMILES string of the molecule is c1ccc(-c2ccc(CCSCCc3ccc(-c4ccccc4)cc3)cc2)cc1. The second-order valence-corrected chi connectivity index (χ2v) is 8.46. The second kappa shape index (κ2) is 10.1. The molecule has 0 radical (unpaired) electrons. The minimum atomic E-state index is 1.13. The third-order valence-electron chi connectivity index (χ3n) is 5.19. The van der Waals surface area contributed by atoms with Gasteiger partial charge in [-0.1, -0.05) is 109 Å². The Balaban J connectivity index is 1.20. The minimum absolute atomic E-state index is 1.13. The average Bonchev–Trinajstić information content (AvgIpc) is 2.81. The Hall–Kier alpha value is -2.77. The summed E-state index contributed by atoms with van der Waals surface area (Å²) in [6, 6.07) is 39.2. The number of thioether (sulfide) groups is 1.